The van der Waals surface area contributed by atoms with Gasteiger partial charge in [0.05, 0.1) is 19.8 Å². The number of ether oxygens (including phenoxy) is 2. The molecule has 0 bridgehead atoms. The first-order chi connectivity index (χ1) is 12.9. The van der Waals surface area contributed by atoms with Gasteiger partial charge in [-0.25, -0.2) is 0 Å². The van der Waals surface area contributed by atoms with Crippen LogP contribution in [0.1, 0.15) is 16.7 Å². The Balaban J connectivity index is 2.06. The van der Waals surface area contributed by atoms with Crippen molar-refractivity contribution in [3.63, 3.8) is 0 Å². The van der Waals surface area contributed by atoms with Gasteiger partial charge in [0.15, 0.2) is 0 Å². The van der Waals surface area contributed by atoms with Crippen LogP contribution in [0.5, 0.6) is 0 Å². The SMILES string of the molecule is NCCOCCOC(c1ccccc1)(c1ccccc1)c1ccccc1. The van der Waals surface area contributed by atoms with Gasteiger partial charge in [0.25, 0.3) is 0 Å². The molecule has 0 fully saturated rings. The van der Waals surface area contributed by atoms with Crippen molar-refractivity contribution >= 4 is 0 Å². The summed E-state index contributed by atoms with van der Waals surface area (Å²) in [5.41, 5.74) is 8.10. The van der Waals surface area contributed by atoms with Crippen molar-refractivity contribution in [3.8, 4) is 0 Å². The van der Waals surface area contributed by atoms with Gasteiger partial charge >= 0.3 is 0 Å². The van der Waals surface area contributed by atoms with E-state index in [-0.39, 0.29) is 0 Å². The van der Waals surface area contributed by atoms with Gasteiger partial charge < -0.3 is 15.2 Å². The number of benzene rings is 3. The third-order valence-corrected chi connectivity index (χ3v) is 4.35. The number of rotatable bonds is 9. The van der Waals surface area contributed by atoms with E-state index in [4.69, 9.17) is 15.2 Å². The normalized spacial score (nSPS) is 11.4. The molecule has 0 aliphatic heterocycles. The first-order valence-electron chi connectivity index (χ1n) is 8.96. The molecule has 0 saturated carbocycles. The molecular weight excluding hydrogens is 322 g/mol. The number of hydrogen-bond acceptors (Lipinski definition) is 3. The Morgan fingerprint density at radius 3 is 1.38 bits per heavy atom. The fourth-order valence-corrected chi connectivity index (χ4v) is 3.21. The molecule has 0 spiro atoms. The first kappa shape index (κ1) is 18.3. The predicted molar refractivity (Wildman–Crippen MR) is 105 cm³/mol. The zero-order chi connectivity index (χ0) is 18.1. The lowest BCUT2D eigenvalue weighted by Gasteiger charge is -2.36. The van der Waals surface area contributed by atoms with E-state index in [1.54, 1.807) is 0 Å². The van der Waals surface area contributed by atoms with Crippen molar-refractivity contribution in [1.82, 2.24) is 0 Å². The van der Waals surface area contributed by atoms with Gasteiger partial charge in [0.1, 0.15) is 5.60 Å². The molecule has 3 aromatic carbocycles. The number of nitrogens with two attached hydrogens (primary N) is 1. The summed E-state index contributed by atoms with van der Waals surface area (Å²) < 4.78 is 12.1. The molecule has 3 aromatic rings. The van der Waals surface area contributed by atoms with Crippen LogP contribution >= 0.6 is 0 Å². The fraction of sp³-hybridized carbons (Fsp3) is 0.217. The predicted octanol–water partition coefficient (Wildman–Crippen LogP) is 3.97. The Morgan fingerprint density at radius 1 is 0.577 bits per heavy atom. The Labute approximate surface area is 155 Å². The van der Waals surface area contributed by atoms with E-state index < -0.39 is 5.60 Å². The number of hydrogen-bond donors (Lipinski definition) is 1. The molecule has 2 N–H and O–H groups in total. The second kappa shape index (κ2) is 9.30. The zero-order valence-electron chi connectivity index (χ0n) is 14.9. The van der Waals surface area contributed by atoms with E-state index in [0.29, 0.717) is 26.4 Å². The van der Waals surface area contributed by atoms with Crippen molar-refractivity contribution in [1.29, 1.82) is 0 Å². The van der Waals surface area contributed by atoms with Crippen LogP contribution in [-0.4, -0.2) is 26.4 Å². The average Bonchev–Trinajstić information content (AvgIpc) is 2.73. The molecule has 0 heterocycles. The maximum Gasteiger partial charge on any atom is 0.143 e. The smallest absolute Gasteiger partial charge is 0.143 e. The summed E-state index contributed by atoms with van der Waals surface area (Å²) in [5, 5.41) is 0. The second-order valence-electron chi connectivity index (χ2n) is 6.03. The van der Waals surface area contributed by atoms with Gasteiger partial charge in [-0.05, 0) is 16.7 Å². The van der Waals surface area contributed by atoms with Crippen LogP contribution in [0, 0.1) is 0 Å². The van der Waals surface area contributed by atoms with E-state index in [0.717, 1.165) is 16.7 Å². The van der Waals surface area contributed by atoms with Gasteiger partial charge in [-0.3, -0.25) is 0 Å². The minimum atomic E-state index is -0.685. The molecule has 134 valence electrons. The summed E-state index contributed by atoms with van der Waals surface area (Å²) in [5.74, 6) is 0. The third-order valence-electron chi connectivity index (χ3n) is 4.35. The van der Waals surface area contributed by atoms with Gasteiger partial charge in [-0.2, -0.15) is 0 Å². The molecule has 0 unspecified atom stereocenters. The van der Waals surface area contributed by atoms with Gasteiger partial charge in [0.2, 0.25) is 0 Å². The van der Waals surface area contributed by atoms with Crippen LogP contribution in [0.2, 0.25) is 0 Å². The van der Waals surface area contributed by atoms with E-state index in [9.17, 15) is 0 Å². The fourth-order valence-electron chi connectivity index (χ4n) is 3.21. The molecule has 0 atom stereocenters. The zero-order valence-corrected chi connectivity index (χ0v) is 14.9. The summed E-state index contributed by atoms with van der Waals surface area (Å²) >= 11 is 0. The largest absolute Gasteiger partial charge is 0.378 e. The highest BCUT2D eigenvalue weighted by Gasteiger charge is 2.37. The van der Waals surface area contributed by atoms with Crippen molar-refractivity contribution in [2.75, 3.05) is 26.4 Å². The average molecular weight is 347 g/mol. The lowest BCUT2D eigenvalue weighted by atomic mass is 9.80. The lowest BCUT2D eigenvalue weighted by molar-refractivity contribution is -0.0225. The summed E-state index contributed by atoms with van der Waals surface area (Å²) in [6.45, 7) is 2.03. The minimum absolute atomic E-state index is 0.471. The Morgan fingerprint density at radius 2 is 1.00 bits per heavy atom. The van der Waals surface area contributed by atoms with Crippen LogP contribution in [0.3, 0.4) is 0 Å². The summed E-state index contributed by atoms with van der Waals surface area (Å²) in [4.78, 5) is 0. The molecule has 0 radical (unpaired) electrons. The molecule has 26 heavy (non-hydrogen) atoms. The highest BCUT2D eigenvalue weighted by atomic mass is 16.5. The Hall–Kier alpha value is -2.46. The quantitative estimate of drug-likeness (QED) is 0.470. The maximum atomic E-state index is 6.57. The summed E-state index contributed by atoms with van der Waals surface area (Å²) in [6.07, 6.45) is 0. The van der Waals surface area contributed by atoms with E-state index in [1.165, 1.54) is 0 Å². The molecular formula is C23H25NO2. The first-order valence-corrected chi connectivity index (χ1v) is 8.96. The molecule has 0 aromatic heterocycles. The van der Waals surface area contributed by atoms with Crippen LogP contribution in [0.15, 0.2) is 91.0 Å². The van der Waals surface area contributed by atoms with Crippen molar-refractivity contribution in [3.05, 3.63) is 108 Å². The highest BCUT2D eigenvalue weighted by molar-refractivity contribution is 5.47. The van der Waals surface area contributed by atoms with E-state index in [1.807, 2.05) is 54.6 Å². The molecule has 3 nitrogen and oxygen atoms in total. The van der Waals surface area contributed by atoms with Gasteiger partial charge in [-0.15, -0.1) is 0 Å². The monoisotopic (exact) mass is 347 g/mol. The summed E-state index contributed by atoms with van der Waals surface area (Å²) in [7, 11) is 0. The van der Waals surface area contributed by atoms with Gasteiger partial charge in [0, 0.05) is 6.54 Å². The van der Waals surface area contributed by atoms with Crippen molar-refractivity contribution < 1.29 is 9.47 Å². The molecule has 0 aliphatic rings. The molecule has 3 heteroatoms. The van der Waals surface area contributed by atoms with Crippen molar-refractivity contribution in [2.24, 2.45) is 5.73 Å². The maximum absolute atomic E-state index is 6.57. The molecule has 3 rings (SSSR count). The van der Waals surface area contributed by atoms with Crippen LogP contribution in [0.25, 0.3) is 0 Å². The minimum Gasteiger partial charge on any atom is -0.378 e. The molecule has 0 aliphatic carbocycles. The third kappa shape index (κ3) is 4.02. The van der Waals surface area contributed by atoms with Crippen LogP contribution < -0.4 is 5.73 Å². The van der Waals surface area contributed by atoms with E-state index in [2.05, 4.69) is 36.4 Å². The standard InChI is InChI=1S/C23H25NO2/c24-16-17-25-18-19-26-23(20-10-4-1-5-11-20,21-12-6-2-7-13-21)22-14-8-3-9-15-22/h1-15H,16-19,24H2. The topological polar surface area (TPSA) is 44.5 Å². The second-order valence-corrected chi connectivity index (χ2v) is 6.03. The van der Waals surface area contributed by atoms with Crippen LogP contribution in [0.4, 0.5) is 0 Å². The van der Waals surface area contributed by atoms with Crippen LogP contribution in [-0.2, 0) is 15.1 Å². The highest BCUT2D eigenvalue weighted by Crippen LogP contribution is 2.40. The lowest BCUT2D eigenvalue weighted by Crippen LogP contribution is -2.34. The van der Waals surface area contributed by atoms with Crippen molar-refractivity contribution in [2.45, 2.75) is 5.60 Å². The Bertz CT molecular complexity index is 663. The molecule has 0 amide bonds. The Kier molecular flexibility index (Phi) is 6.56. The van der Waals surface area contributed by atoms with Gasteiger partial charge in [-0.1, -0.05) is 91.0 Å². The molecule has 0 saturated heterocycles. The van der Waals surface area contributed by atoms with E-state index >= 15 is 0 Å². The summed E-state index contributed by atoms with van der Waals surface area (Å²) in [6, 6.07) is 31.0.